The SMILES string of the molecule is C.C[C@@H]1SCc2ncnc(N3CCN(C(=O)[C@H](N)Cc4ccc(Cl)cc4)C[C@@H]3C)c21. The molecule has 1 saturated heterocycles. The number of amides is 1. The van der Waals surface area contributed by atoms with Gasteiger partial charge in [0.05, 0.1) is 11.7 Å². The van der Waals surface area contributed by atoms with Crippen molar-refractivity contribution in [1.82, 2.24) is 14.9 Å². The van der Waals surface area contributed by atoms with Crippen LogP contribution in [0.5, 0.6) is 0 Å². The summed E-state index contributed by atoms with van der Waals surface area (Å²) in [5.74, 6) is 1.97. The summed E-state index contributed by atoms with van der Waals surface area (Å²) in [6.45, 7) is 6.40. The zero-order chi connectivity index (χ0) is 20.5. The maximum absolute atomic E-state index is 12.9. The van der Waals surface area contributed by atoms with Crippen LogP contribution in [-0.2, 0) is 17.0 Å². The molecule has 2 aromatic rings. The molecule has 4 rings (SSSR count). The maximum Gasteiger partial charge on any atom is 0.239 e. The van der Waals surface area contributed by atoms with Crippen LogP contribution in [0.3, 0.4) is 0 Å². The van der Waals surface area contributed by atoms with Crippen molar-refractivity contribution in [2.45, 2.75) is 50.8 Å². The molecule has 0 radical (unpaired) electrons. The molecule has 2 aliphatic rings. The van der Waals surface area contributed by atoms with Gasteiger partial charge < -0.3 is 15.5 Å². The molecule has 0 spiro atoms. The van der Waals surface area contributed by atoms with E-state index in [4.69, 9.17) is 17.3 Å². The number of aromatic nitrogens is 2. The van der Waals surface area contributed by atoms with Crippen LogP contribution in [0.4, 0.5) is 5.82 Å². The molecule has 0 unspecified atom stereocenters. The van der Waals surface area contributed by atoms with Gasteiger partial charge in [0, 0.05) is 47.3 Å². The molecule has 1 amide bonds. The molecule has 2 N–H and O–H groups in total. The number of thioether (sulfide) groups is 1. The Labute approximate surface area is 188 Å². The third-order valence-corrected chi connectivity index (χ3v) is 7.15. The van der Waals surface area contributed by atoms with Gasteiger partial charge in [-0.1, -0.05) is 31.2 Å². The number of carbonyl (C=O) groups excluding carboxylic acids is 1. The summed E-state index contributed by atoms with van der Waals surface area (Å²) in [5.41, 5.74) is 9.65. The molecule has 1 aromatic carbocycles. The van der Waals surface area contributed by atoms with Crippen molar-refractivity contribution in [3.8, 4) is 0 Å². The minimum Gasteiger partial charge on any atom is -0.350 e. The van der Waals surface area contributed by atoms with Crippen LogP contribution in [-0.4, -0.2) is 52.5 Å². The topological polar surface area (TPSA) is 75.4 Å². The van der Waals surface area contributed by atoms with E-state index in [2.05, 4.69) is 28.7 Å². The van der Waals surface area contributed by atoms with E-state index in [0.717, 1.165) is 29.4 Å². The maximum atomic E-state index is 12.9. The third kappa shape index (κ3) is 4.58. The van der Waals surface area contributed by atoms with Gasteiger partial charge >= 0.3 is 0 Å². The number of anilines is 1. The van der Waals surface area contributed by atoms with Crippen LogP contribution in [0.15, 0.2) is 30.6 Å². The highest BCUT2D eigenvalue weighted by Crippen LogP contribution is 2.44. The number of carbonyl (C=O) groups is 1. The molecular formula is C22H30ClN5OS. The van der Waals surface area contributed by atoms with Gasteiger partial charge in [0.15, 0.2) is 0 Å². The summed E-state index contributed by atoms with van der Waals surface area (Å²) in [6.07, 6.45) is 2.18. The molecule has 6 nitrogen and oxygen atoms in total. The van der Waals surface area contributed by atoms with Crippen LogP contribution >= 0.6 is 23.4 Å². The summed E-state index contributed by atoms with van der Waals surface area (Å²) in [5, 5.41) is 1.09. The van der Waals surface area contributed by atoms with Gasteiger partial charge in [-0.2, -0.15) is 0 Å². The number of nitrogens with zero attached hydrogens (tertiary/aromatic N) is 4. The van der Waals surface area contributed by atoms with E-state index in [1.165, 1.54) is 5.56 Å². The Morgan fingerprint density at radius 2 is 2.00 bits per heavy atom. The summed E-state index contributed by atoms with van der Waals surface area (Å²) < 4.78 is 0. The second-order valence-electron chi connectivity index (χ2n) is 7.77. The van der Waals surface area contributed by atoms with E-state index >= 15 is 0 Å². The molecule has 0 aliphatic carbocycles. The Bertz CT molecular complexity index is 894. The largest absolute Gasteiger partial charge is 0.350 e. The highest BCUT2D eigenvalue weighted by Gasteiger charge is 2.34. The molecule has 30 heavy (non-hydrogen) atoms. The Morgan fingerprint density at radius 1 is 1.27 bits per heavy atom. The van der Waals surface area contributed by atoms with E-state index in [0.29, 0.717) is 29.8 Å². The van der Waals surface area contributed by atoms with Gasteiger partial charge in [0.2, 0.25) is 5.91 Å². The van der Waals surface area contributed by atoms with Gasteiger partial charge in [-0.05, 0) is 38.0 Å². The smallest absolute Gasteiger partial charge is 0.239 e. The van der Waals surface area contributed by atoms with E-state index in [9.17, 15) is 4.79 Å². The molecule has 162 valence electrons. The predicted molar refractivity (Wildman–Crippen MR) is 125 cm³/mol. The van der Waals surface area contributed by atoms with Gasteiger partial charge in [0.1, 0.15) is 12.1 Å². The number of hydrogen-bond acceptors (Lipinski definition) is 6. The number of fused-ring (bicyclic) bond motifs is 1. The average molecular weight is 448 g/mol. The minimum absolute atomic E-state index is 0. The first-order valence-corrected chi connectivity index (χ1v) is 11.4. The highest BCUT2D eigenvalue weighted by molar-refractivity contribution is 7.99. The predicted octanol–water partition coefficient (Wildman–Crippen LogP) is 3.68. The second-order valence-corrected chi connectivity index (χ2v) is 9.54. The molecule has 8 heteroatoms. The van der Waals surface area contributed by atoms with E-state index in [1.54, 1.807) is 6.33 Å². The summed E-state index contributed by atoms with van der Waals surface area (Å²) in [4.78, 5) is 26.2. The molecule has 3 heterocycles. The van der Waals surface area contributed by atoms with Crippen LogP contribution in [0.2, 0.25) is 5.02 Å². The Kier molecular flexibility index (Phi) is 7.26. The molecule has 1 aromatic heterocycles. The van der Waals surface area contributed by atoms with Crippen LogP contribution < -0.4 is 10.6 Å². The van der Waals surface area contributed by atoms with Gasteiger partial charge in [-0.15, -0.1) is 11.8 Å². The quantitative estimate of drug-likeness (QED) is 0.770. The number of piperazine rings is 1. The number of nitrogens with two attached hydrogens (primary N) is 1. The van der Waals surface area contributed by atoms with Crippen LogP contribution in [0.1, 0.15) is 43.3 Å². The molecule has 0 saturated carbocycles. The van der Waals surface area contributed by atoms with Crippen molar-refractivity contribution in [1.29, 1.82) is 0 Å². The number of benzene rings is 1. The van der Waals surface area contributed by atoms with Crippen molar-refractivity contribution < 1.29 is 4.79 Å². The normalized spacial score (nSPS) is 21.7. The zero-order valence-corrected chi connectivity index (χ0v) is 18.3. The Morgan fingerprint density at radius 3 is 2.70 bits per heavy atom. The fourth-order valence-corrected chi connectivity index (χ4v) is 5.31. The van der Waals surface area contributed by atoms with Crippen LogP contribution in [0.25, 0.3) is 0 Å². The third-order valence-electron chi connectivity index (χ3n) is 5.72. The summed E-state index contributed by atoms with van der Waals surface area (Å²) in [6, 6.07) is 7.13. The number of halogens is 1. The molecule has 3 atom stereocenters. The summed E-state index contributed by atoms with van der Waals surface area (Å²) in [7, 11) is 0. The van der Waals surface area contributed by atoms with Crippen molar-refractivity contribution in [3.63, 3.8) is 0 Å². The van der Waals surface area contributed by atoms with Gasteiger partial charge in [-0.3, -0.25) is 4.79 Å². The second kappa shape index (κ2) is 9.54. The molecule has 1 fully saturated rings. The summed E-state index contributed by atoms with van der Waals surface area (Å²) >= 11 is 7.83. The highest BCUT2D eigenvalue weighted by atomic mass is 35.5. The zero-order valence-electron chi connectivity index (χ0n) is 16.7. The number of rotatable bonds is 4. The van der Waals surface area contributed by atoms with Crippen molar-refractivity contribution in [2.75, 3.05) is 24.5 Å². The standard InChI is InChI=1S/C21H26ClN5OS.CH4/c1-13-10-26(21(28)17(23)9-15-3-5-16(22)6-4-15)7-8-27(13)20-19-14(2)29-11-18(19)24-12-25-20;/h3-6,12-14,17H,7-11,23H2,1-2H3;1H4/t13-,14-,17+;/m0./s1. The lowest BCUT2D eigenvalue weighted by Crippen LogP contribution is -2.57. The van der Waals surface area contributed by atoms with Crippen LogP contribution in [0, 0.1) is 0 Å². The molecule has 0 bridgehead atoms. The molecular weight excluding hydrogens is 418 g/mol. The first kappa shape index (κ1) is 22.8. The minimum atomic E-state index is -0.547. The lowest BCUT2D eigenvalue weighted by Gasteiger charge is -2.42. The van der Waals surface area contributed by atoms with Crippen molar-refractivity contribution in [2.24, 2.45) is 5.73 Å². The van der Waals surface area contributed by atoms with E-state index in [-0.39, 0.29) is 19.4 Å². The number of hydrogen-bond donors (Lipinski definition) is 1. The van der Waals surface area contributed by atoms with E-state index in [1.807, 2.05) is 40.9 Å². The van der Waals surface area contributed by atoms with E-state index < -0.39 is 6.04 Å². The van der Waals surface area contributed by atoms with Gasteiger partial charge in [0.25, 0.3) is 0 Å². The lowest BCUT2D eigenvalue weighted by atomic mass is 10.0. The average Bonchev–Trinajstić information content (AvgIpc) is 3.10. The first-order chi connectivity index (χ1) is 13.9. The monoisotopic (exact) mass is 447 g/mol. The molecule has 2 aliphatic heterocycles. The Hall–Kier alpha value is -1.83. The fraction of sp³-hybridized carbons (Fsp3) is 0.500. The Balaban J connectivity index is 0.00000256. The lowest BCUT2D eigenvalue weighted by molar-refractivity contribution is -0.133. The van der Waals surface area contributed by atoms with Gasteiger partial charge in [-0.25, -0.2) is 9.97 Å². The van der Waals surface area contributed by atoms with Crippen molar-refractivity contribution in [3.05, 3.63) is 52.4 Å². The first-order valence-electron chi connectivity index (χ1n) is 9.95. The van der Waals surface area contributed by atoms with Crippen molar-refractivity contribution >= 4 is 35.1 Å². The fourth-order valence-electron chi connectivity index (χ4n) is 4.14.